The van der Waals surface area contributed by atoms with Gasteiger partial charge in [-0.25, -0.2) is 9.97 Å². The number of rotatable bonds is 4. The van der Waals surface area contributed by atoms with Gasteiger partial charge in [-0.1, -0.05) is 6.07 Å². The van der Waals surface area contributed by atoms with Gasteiger partial charge in [0.25, 0.3) is 0 Å². The molecule has 0 unspecified atom stereocenters. The fourth-order valence-corrected chi connectivity index (χ4v) is 2.58. The van der Waals surface area contributed by atoms with E-state index in [9.17, 15) is 0 Å². The molecule has 3 heterocycles. The summed E-state index contributed by atoms with van der Waals surface area (Å²) in [6.07, 6.45) is 6.35. The van der Waals surface area contributed by atoms with E-state index in [0.717, 1.165) is 35.0 Å². The number of nitrogens with zero attached hydrogens (tertiary/aromatic N) is 4. The van der Waals surface area contributed by atoms with E-state index in [1.807, 2.05) is 37.5 Å². The second kappa shape index (κ2) is 5.09. The Bertz CT molecular complexity index is 836. The van der Waals surface area contributed by atoms with Crippen molar-refractivity contribution in [3.8, 4) is 17.1 Å². The predicted octanol–water partition coefficient (Wildman–Crippen LogP) is 3.20. The van der Waals surface area contributed by atoms with E-state index in [1.54, 1.807) is 0 Å². The lowest BCUT2D eigenvalue weighted by atomic mass is 10.2. The third kappa shape index (κ3) is 2.32. The number of hydrogen-bond acceptors (Lipinski definition) is 4. The molecule has 5 nitrogen and oxygen atoms in total. The quantitative estimate of drug-likeness (QED) is 0.741. The highest BCUT2D eigenvalue weighted by molar-refractivity contribution is 5.69. The third-order valence-electron chi connectivity index (χ3n) is 4.05. The molecular formula is C17H18N4O. The van der Waals surface area contributed by atoms with Crippen LogP contribution in [0, 0.1) is 19.8 Å². The molecule has 3 aromatic heterocycles. The van der Waals surface area contributed by atoms with Gasteiger partial charge in [0.15, 0.2) is 0 Å². The summed E-state index contributed by atoms with van der Waals surface area (Å²) in [6, 6.07) is 5.99. The van der Waals surface area contributed by atoms with Gasteiger partial charge in [0, 0.05) is 18.1 Å². The van der Waals surface area contributed by atoms with E-state index in [2.05, 4.69) is 21.3 Å². The second-order valence-corrected chi connectivity index (χ2v) is 5.87. The van der Waals surface area contributed by atoms with Crippen LogP contribution in [0.5, 0.6) is 5.88 Å². The number of hydrogen-bond donors (Lipinski definition) is 0. The van der Waals surface area contributed by atoms with Crippen molar-refractivity contribution in [1.82, 2.24) is 19.4 Å². The standard InChI is InChI=1S/C17H18N4O/c1-11-16(20-15-5-3-4-8-21(11)15)14-9-18-12(2)19-17(14)22-10-13-6-7-13/h3-5,8-9,13H,6-7,10H2,1-2H3. The first kappa shape index (κ1) is 13.2. The summed E-state index contributed by atoms with van der Waals surface area (Å²) in [6.45, 7) is 4.67. The molecule has 0 N–H and O–H groups in total. The molecular weight excluding hydrogens is 276 g/mol. The first-order valence-electron chi connectivity index (χ1n) is 7.63. The topological polar surface area (TPSA) is 52.3 Å². The summed E-state index contributed by atoms with van der Waals surface area (Å²) < 4.78 is 8.02. The number of aromatic nitrogens is 4. The van der Waals surface area contributed by atoms with E-state index in [1.165, 1.54) is 12.8 Å². The predicted molar refractivity (Wildman–Crippen MR) is 83.9 cm³/mol. The van der Waals surface area contributed by atoms with Crippen molar-refractivity contribution in [2.75, 3.05) is 6.61 Å². The molecule has 0 radical (unpaired) electrons. The van der Waals surface area contributed by atoms with Gasteiger partial charge >= 0.3 is 0 Å². The van der Waals surface area contributed by atoms with Gasteiger partial charge in [-0.05, 0) is 44.7 Å². The van der Waals surface area contributed by atoms with Crippen molar-refractivity contribution in [3.05, 3.63) is 42.1 Å². The Kier molecular flexibility index (Phi) is 3.06. The minimum atomic E-state index is 0.644. The molecule has 0 amide bonds. The maximum atomic E-state index is 5.95. The Labute approximate surface area is 129 Å². The van der Waals surface area contributed by atoms with E-state index < -0.39 is 0 Å². The van der Waals surface area contributed by atoms with Crippen molar-refractivity contribution in [2.45, 2.75) is 26.7 Å². The zero-order valence-corrected chi connectivity index (χ0v) is 12.8. The van der Waals surface area contributed by atoms with E-state index in [0.29, 0.717) is 11.8 Å². The zero-order valence-electron chi connectivity index (χ0n) is 12.8. The first-order chi connectivity index (χ1) is 10.7. The van der Waals surface area contributed by atoms with Crippen LogP contribution in [0.15, 0.2) is 30.6 Å². The molecule has 1 saturated carbocycles. The van der Waals surface area contributed by atoms with Crippen LogP contribution in [0.1, 0.15) is 24.4 Å². The Morgan fingerprint density at radius 2 is 2.09 bits per heavy atom. The Balaban J connectivity index is 1.80. The molecule has 112 valence electrons. The fourth-order valence-electron chi connectivity index (χ4n) is 2.58. The maximum absolute atomic E-state index is 5.95. The smallest absolute Gasteiger partial charge is 0.226 e. The lowest BCUT2D eigenvalue weighted by Gasteiger charge is -2.09. The van der Waals surface area contributed by atoms with Crippen LogP contribution < -0.4 is 4.74 Å². The highest BCUT2D eigenvalue weighted by atomic mass is 16.5. The van der Waals surface area contributed by atoms with Gasteiger partial charge in [0.1, 0.15) is 11.5 Å². The Morgan fingerprint density at radius 3 is 2.86 bits per heavy atom. The Hall–Kier alpha value is -2.43. The van der Waals surface area contributed by atoms with Crippen LogP contribution in [0.3, 0.4) is 0 Å². The van der Waals surface area contributed by atoms with Gasteiger partial charge in [-0.15, -0.1) is 0 Å². The zero-order chi connectivity index (χ0) is 15.1. The number of ether oxygens (including phenoxy) is 1. The fraction of sp³-hybridized carbons (Fsp3) is 0.353. The average molecular weight is 294 g/mol. The van der Waals surface area contributed by atoms with Gasteiger partial charge in [0.2, 0.25) is 5.88 Å². The molecule has 1 fully saturated rings. The molecule has 0 aliphatic heterocycles. The van der Waals surface area contributed by atoms with Crippen molar-refractivity contribution in [3.63, 3.8) is 0 Å². The molecule has 0 spiro atoms. The molecule has 0 aromatic carbocycles. The van der Waals surface area contributed by atoms with Gasteiger partial charge in [0.05, 0.1) is 17.9 Å². The molecule has 1 aliphatic carbocycles. The number of aryl methyl sites for hydroxylation is 2. The summed E-state index contributed by atoms with van der Waals surface area (Å²) in [4.78, 5) is 13.5. The van der Waals surface area contributed by atoms with Crippen LogP contribution in [-0.2, 0) is 0 Å². The monoisotopic (exact) mass is 294 g/mol. The average Bonchev–Trinajstić information content (AvgIpc) is 3.30. The highest BCUT2D eigenvalue weighted by Gasteiger charge is 2.24. The highest BCUT2D eigenvalue weighted by Crippen LogP contribution is 2.33. The van der Waals surface area contributed by atoms with Crippen molar-refractivity contribution < 1.29 is 4.74 Å². The normalized spacial score (nSPS) is 14.5. The van der Waals surface area contributed by atoms with E-state index in [-0.39, 0.29) is 0 Å². The van der Waals surface area contributed by atoms with Crippen LogP contribution in [0.4, 0.5) is 0 Å². The van der Waals surface area contributed by atoms with Gasteiger partial charge in [-0.2, -0.15) is 4.98 Å². The van der Waals surface area contributed by atoms with Crippen molar-refractivity contribution >= 4 is 5.65 Å². The number of pyridine rings is 1. The molecule has 0 atom stereocenters. The molecule has 22 heavy (non-hydrogen) atoms. The van der Waals surface area contributed by atoms with Gasteiger partial charge < -0.3 is 9.14 Å². The second-order valence-electron chi connectivity index (χ2n) is 5.87. The molecule has 4 rings (SSSR count). The van der Waals surface area contributed by atoms with Crippen molar-refractivity contribution in [1.29, 1.82) is 0 Å². The minimum Gasteiger partial charge on any atom is -0.477 e. The van der Waals surface area contributed by atoms with Crippen LogP contribution >= 0.6 is 0 Å². The number of imidazole rings is 1. The summed E-state index contributed by atoms with van der Waals surface area (Å²) in [5.74, 6) is 2.05. The molecule has 0 saturated heterocycles. The number of fused-ring (bicyclic) bond motifs is 1. The summed E-state index contributed by atoms with van der Waals surface area (Å²) >= 11 is 0. The summed E-state index contributed by atoms with van der Waals surface area (Å²) in [7, 11) is 0. The molecule has 5 heteroatoms. The molecule has 0 bridgehead atoms. The Morgan fingerprint density at radius 1 is 1.23 bits per heavy atom. The van der Waals surface area contributed by atoms with E-state index >= 15 is 0 Å². The van der Waals surface area contributed by atoms with E-state index in [4.69, 9.17) is 9.72 Å². The molecule has 1 aliphatic rings. The van der Waals surface area contributed by atoms with Crippen LogP contribution in [0.25, 0.3) is 16.9 Å². The lowest BCUT2D eigenvalue weighted by molar-refractivity contribution is 0.288. The van der Waals surface area contributed by atoms with Crippen LogP contribution in [-0.4, -0.2) is 26.0 Å². The van der Waals surface area contributed by atoms with Gasteiger partial charge in [-0.3, -0.25) is 0 Å². The van der Waals surface area contributed by atoms with Crippen LogP contribution in [0.2, 0.25) is 0 Å². The maximum Gasteiger partial charge on any atom is 0.226 e. The third-order valence-corrected chi connectivity index (χ3v) is 4.05. The summed E-state index contributed by atoms with van der Waals surface area (Å²) in [5, 5.41) is 0. The summed E-state index contributed by atoms with van der Waals surface area (Å²) in [5.41, 5.74) is 3.74. The molecule has 3 aromatic rings. The largest absolute Gasteiger partial charge is 0.477 e. The first-order valence-corrected chi connectivity index (χ1v) is 7.63. The SMILES string of the molecule is Cc1ncc(-c2nc3ccccn3c2C)c(OCC2CC2)n1. The minimum absolute atomic E-state index is 0.644. The van der Waals surface area contributed by atoms with Crippen molar-refractivity contribution in [2.24, 2.45) is 5.92 Å². The lowest BCUT2D eigenvalue weighted by Crippen LogP contribution is -2.04.